The minimum atomic E-state index is -2.95. The van der Waals surface area contributed by atoms with Crippen LogP contribution in [-0.2, 0) is 6.54 Å². The molecular weight excluding hydrogens is 486 g/mol. The minimum absolute atomic E-state index is 0.166. The second-order valence-corrected chi connectivity index (χ2v) is 9.39. The molecule has 0 saturated carbocycles. The van der Waals surface area contributed by atoms with Crippen LogP contribution in [0.2, 0.25) is 5.02 Å². The molecule has 36 heavy (non-hydrogen) atoms. The van der Waals surface area contributed by atoms with E-state index in [4.69, 9.17) is 11.6 Å². The first-order valence-electron chi connectivity index (χ1n) is 11.7. The molecule has 4 aromatic rings. The first-order chi connectivity index (χ1) is 17.3. The fourth-order valence-corrected chi connectivity index (χ4v) is 4.85. The molecule has 2 N–H and O–H groups in total. The molecule has 186 valence electrons. The normalized spacial score (nSPS) is 17.3. The van der Waals surface area contributed by atoms with Gasteiger partial charge in [0.15, 0.2) is 0 Å². The number of hydrogen-bond donors (Lipinski definition) is 2. The Labute approximate surface area is 211 Å². The van der Waals surface area contributed by atoms with Crippen LogP contribution in [0.3, 0.4) is 0 Å². The highest BCUT2D eigenvalue weighted by Crippen LogP contribution is 2.34. The standard InChI is InChI=1S/C26H25ClF2N6O/c1-15-4-3-5-22(33-15)16-6-7-19(21(27)11-16)20-10-17-12-32-25(30-2)34-23(17)35(24(20)36)13-18-8-9-31-14-26(18,28)29/h3-7,10-12,18,31H,8-9,13-14H2,1-2H3,(H,30,32,34). The van der Waals surface area contributed by atoms with Crippen LogP contribution in [0.25, 0.3) is 33.4 Å². The van der Waals surface area contributed by atoms with Crippen molar-refractivity contribution >= 4 is 28.6 Å². The number of aromatic nitrogens is 4. The van der Waals surface area contributed by atoms with Crippen LogP contribution in [0.1, 0.15) is 12.1 Å². The van der Waals surface area contributed by atoms with Gasteiger partial charge in [0.2, 0.25) is 5.95 Å². The van der Waals surface area contributed by atoms with Crippen molar-refractivity contribution < 1.29 is 8.78 Å². The van der Waals surface area contributed by atoms with Gasteiger partial charge in [-0.3, -0.25) is 14.3 Å². The second-order valence-electron chi connectivity index (χ2n) is 8.98. The molecule has 4 heterocycles. The lowest BCUT2D eigenvalue weighted by Crippen LogP contribution is -2.48. The van der Waals surface area contributed by atoms with Crippen LogP contribution >= 0.6 is 11.6 Å². The summed E-state index contributed by atoms with van der Waals surface area (Å²) in [5.41, 5.74) is 3.12. The van der Waals surface area contributed by atoms with E-state index >= 15 is 0 Å². The van der Waals surface area contributed by atoms with E-state index in [0.717, 1.165) is 17.0 Å². The number of benzene rings is 1. The Hall–Kier alpha value is -3.43. The highest BCUT2D eigenvalue weighted by Gasteiger charge is 2.42. The molecule has 7 nitrogen and oxygen atoms in total. The van der Waals surface area contributed by atoms with E-state index in [-0.39, 0.29) is 13.0 Å². The molecule has 1 aromatic carbocycles. The molecule has 10 heteroatoms. The Morgan fingerprint density at radius 3 is 2.75 bits per heavy atom. The first kappa shape index (κ1) is 24.3. The quantitative estimate of drug-likeness (QED) is 0.402. The summed E-state index contributed by atoms with van der Waals surface area (Å²) >= 11 is 6.67. The van der Waals surface area contributed by atoms with Crippen LogP contribution < -0.4 is 16.2 Å². The number of nitrogens with one attached hydrogen (secondary N) is 2. The van der Waals surface area contributed by atoms with Crippen molar-refractivity contribution in [1.29, 1.82) is 0 Å². The van der Waals surface area contributed by atoms with Crippen LogP contribution in [-0.4, -0.2) is 45.6 Å². The van der Waals surface area contributed by atoms with Crippen molar-refractivity contribution in [1.82, 2.24) is 24.8 Å². The second kappa shape index (κ2) is 9.55. The lowest BCUT2D eigenvalue weighted by atomic mass is 9.93. The minimum Gasteiger partial charge on any atom is -0.357 e. The van der Waals surface area contributed by atoms with Crippen molar-refractivity contribution in [3.05, 3.63) is 69.7 Å². The molecule has 0 bridgehead atoms. The zero-order chi connectivity index (χ0) is 25.4. The number of anilines is 1. The number of pyridine rings is 2. The number of rotatable bonds is 5. The van der Waals surface area contributed by atoms with Crippen molar-refractivity contribution in [2.75, 3.05) is 25.5 Å². The predicted octanol–water partition coefficient (Wildman–Crippen LogP) is 4.77. The van der Waals surface area contributed by atoms with Gasteiger partial charge in [0.05, 0.1) is 12.2 Å². The Morgan fingerprint density at radius 2 is 2.03 bits per heavy atom. The summed E-state index contributed by atoms with van der Waals surface area (Å²) in [5.74, 6) is -3.65. The van der Waals surface area contributed by atoms with Crippen LogP contribution in [0.5, 0.6) is 0 Å². The number of alkyl halides is 2. The molecule has 0 aliphatic carbocycles. The average Bonchev–Trinajstić information content (AvgIpc) is 2.86. The number of piperidine rings is 1. The molecule has 0 radical (unpaired) electrons. The largest absolute Gasteiger partial charge is 0.357 e. The summed E-state index contributed by atoms with van der Waals surface area (Å²) in [7, 11) is 1.66. The van der Waals surface area contributed by atoms with Crippen molar-refractivity contribution in [2.24, 2.45) is 5.92 Å². The molecule has 1 saturated heterocycles. The molecular formula is C26H25ClF2N6O. The van der Waals surface area contributed by atoms with E-state index in [0.29, 0.717) is 39.7 Å². The molecule has 1 atom stereocenters. The zero-order valence-corrected chi connectivity index (χ0v) is 20.6. The molecule has 1 aliphatic heterocycles. The maximum absolute atomic E-state index is 14.7. The molecule has 5 rings (SSSR count). The number of aryl methyl sites for hydroxylation is 1. The third-order valence-electron chi connectivity index (χ3n) is 6.52. The summed E-state index contributed by atoms with van der Waals surface area (Å²) in [4.78, 5) is 27.0. The highest BCUT2D eigenvalue weighted by atomic mass is 35.5. The van der Waals surface area contributed by atoms with Gasteiger partial charge in [-0.1, -0.05) is 29.8 Å². The molecule has 0 amide bonds. The molecule has 0 spiro atoms. The number of hydrogen-bond acceptors (Lipinski definition) is 6. The van der Waals surface area contributed by atoms with E-state index in [1.54, 1.807) is 31.4 Å². The third kappa shape index (κ3) is 4.56. The van der Waals surface area contributed by atoms with Crippen molar-refractivity contribution in [3.8, 4) is 22.4 Å². The van der Waals surface area contributed by atoms with Gasteiger partial charge in [-0.05, 0) is 44.2 Å². The zero-order valence-electron chi connectivity index (χ0n) is 19.9. The number of nitrogens with zero attached hydrogens (tertiary/aromatic N) is 4. The Kier molecular flexibility index (Phi) is 6.44. The van der Waals surface area contributed by atoms with Crippen molar-refractivity contribution in [3.63, 3.8) is 0 Å². The summed E-state index contributed by atoms with van der Waals surface area (Å²) in [6.07, 6.45) is 1.82. The molecule has 3 aromatic heterocycles. The molecule has 1 unspecified atom stereocenters. The lowest BCUT2D eigenvalue weighted by molar-refractivity contribution is -0.0787. The smallest absolute Gasteiger partial charge is 0.264 e. The van der Waals surface area contributed by atoms with E-state index < -0.39 is 23.9 Å². The van der Waals surface area contributed by atoms with Gasteiger partial charge < -0.3 is 10.6 Å². The fourth-order valence-electron chi connectivity index (χ4n) is 4.57. The van der Waals surface area contributed by atoms with Gasteiger partial charge in [0, 0.05) is 58.5 Å². The topological polar surface area (TPSA) is 84.7 Å². The number of fused-ring (bicyclic) bond motifs is 1. The van der Waals surface area contributed by atoms with E-state index in [2.05, 4.69) is 25.6 Å². The Balaban J connectivity index is 1.65. The van der Waals surface area contributed by atoms with Crippen molar-refractivity contribution in [2.45, 2.75) is 25.8 Å². The summed E-state index contributed by atoms with van der Waals surface area (Å²) in [6, 6.07) is 12.7. The van der Waals surface area contributed by atoms with Gasteiger partial charge in [0.25, 0.3) is 11.5 Å². The lowest BCUT2D eigenvalue weighted by Gasteiger charge is -2.32. The fraction of sp³-hybridized carbons (Fsp3) is 0.308. The van der Waals surface area contributed by atoms with Gasteiger partial charge in [-0.25, -0.2) is 13.8 Å². The first-order valence-corrected chi connectivity index (χ1v) is 12.1. The summed E-state index contributed by atoms with van der Waals surface area (Å²) in [6.45, 7) is 1.79. The van der Waals surface area contributed by atoms with E-state index in [9.17, 15) is 13.6 Å². The van der Waals surface area contributed by atoms with Crippen LogP contribution in [0, 0.1) is 12.8 Å². The maximum Gasteiger partial charge on any atom is 0.264 e. The summed E-state index contributed by atoms with van der Waals surface area (Å²) in [5, 5.41) is 6.49. The average molecular weight is 511 g/mol. The predicted molar refractivity (Wildman–Crippen MR) is 138 cm³/mol. The van der Waals surface area contributed by atoms with Gasteiger partial charge in [-0.15, -0.1) is 0 Å². The van der Waals surface area contributed by atoms with Gasteiger partial charge in [0.1, 0.15) is 5.65 Å². The highest BCUT2D eigenvalue weighted by molar-refractivity contribution is 6.33. The molecule has 1 fully saturated rings. The number of halogens is 3. The molecule has 1 aliphatic rings. The van der Waals surface area contributed by atoms with Crippen LogP contribution in [0.15, 0.2) is 53.5 Å². The SMILES string of the molecule is CNc1ncc2cc(-c3ccc(-c4cccc(C)n4)cc3Cl)c(=O)n(CC3CCNCC3(F)F)c2n1. The monoisotopic (exact) mass is 510 g/mol. The van der Waals surface area contributed by atoms with Gasteiger partial charge >= 0.3 is 0 Å². The van der Waals surface area contributed by atoms with Gasteiger partial charge in [-0.2, -0.15) is 4.98 Å². The third-order valence-corrected chi connectivity index (χ3v) is 6.84. The van der Waals surface area contributed by atoms with Crippen LogP contribution in [0.4, 0.5) is 14.7 Å². The van der Waals surface area contributed by atoms with E-state index in [1.807, 2.05) is 31.2 Å². The van der Waals surface area contributed by atoms with E-state index in [1.165, 1.54) is 4.57 Å². The Morgan fingerprint density at radius 1 is 1.19 bits per heavy atom. The maximum atomic E-state index is 14.7. The Bertz CT molecular complexity index is 1510. The summed E-state index contributed by atoms with van der Waals surface area (Å²) < 4.78 is 30.7.